The molecule has 0 saturated heterocycles. The van der Waals surface area contributed by atoms with Crippen LogP contribution in [0.1, 0.15) is 52.9 Å². The van der Waals surface area contributed by atoms with E-state index in [0.29, 0.717) is 12.0 Å². The molecule has 2 N–H and O–H groups in total. The topological polar surface area (TPSA) is 40.5 Å². The molecule has 3 rings (SSSR count). The predicted octanol–water partition coefficient (Wildman–Crippen LogP) is 3.69. The molecular weight excluding hydrogens is 236 g/mol. The Balaban J connectivity index is 0.000000224. The van der Waals surface area contributed by atoms with Crippen LogP contribution in [0.2, 0.25) is 0 Å². The molecule has 19 heavy (non-hydrogen) atoms. The van der Waals surface area contributed by atoms with Crippen LogP contribution in [-0.2, 0) is 0 Å². The molecule has 0 amide bonds. The maximum atomic E-state index is 8.88. The minimum absolute atomic E-state index is 0.169. The minimum atomic E-state index is -0.169. The molecule has 0 aromatic rings. The van der Waals surface area contributed by atoms with Gasteiger partial charge in [-0.2, -0.15) is 0 Å². The lowest BCUT2D eigenvalue weighted by Gasteiger charge is -2.56. The van der Waals surface area contributed by atoms with E-state index in [-0.39, 0.29) is 6.10 Å². The molecule has 3 unspecified atom stereocenters. The third-order valence-electron chi connectivity index (χ3n) is 4.89. The van der Waals surface area contributed by atoms with Gasteiger partial charge in [0.05, 0.1) is 6.10 Å². The van der Waals surface area contributed by atoms with Crippen molar-refractivity contribution in [1.29, 1.82) is 0 Å². The first-order chi connectivity index (χ1) is 8.97. The first-order valence-corrected chi connectivity index (χ1v) is 7.56. The zero-order valence-corrected chi connectivity index (χ0v) is 12.7. The molecule has 110 valence electrons. The third-order valence-corrected chi connectivity index (χ3v) is 4.89. The second-order valence-corrected chi connectivity index (χ2v) is 6.38. The van der Waals surface area contributed by atoms with Crippen LogP contribution < -0.4 is 0 Å². The summed E-state index contributed by atoms with van der Waals surface area (Å²) in [5.74, 6) is 1.70. The fraction of sp³-hybridized carbons (Fsp3) is 0.765. The van der Waals surface area contributed by atoms with Crippen molar-refractivity contribution in [2.75, 3.05) is 6.61 Å². The number of allylic oxidation sites excluding steroid dienone is 1. The van der Waals surface area contributed by atoms with Crippen molar-refractivity contribution in [2.45, 2.75) is 59.0 Å². The van der Waals surface area contributed by atoms with Gasteiger partial charge in [-0.3, -0.25) is 0 Å². The summed E-state index contributed by atoms with van der Waals surface area (Å²) < 4.78 is 0. The van der Waals surface area contributed by atoms with Crippen LogP contribution in [0, 0.1) is 17.3 Å². The Kier molecular flexibility index (Phi) is 6.28. The summed E-state index contributed by atoms with van der Waals surface area (Å²) in [6.07, 6.45) is 8.99. The van der Waals surface area contributed by atoms with E-state index in [1.54, 1.807) is 6.08 Å². The Morgan fingerprint density at radius 2 is 2.21 bits per heavy atom. The van der Waals surface area contributed by atoms with Gasteiger partial charge in [0.25, 0.3) is 0 Å². The molecule has 0 radical (unpaired) electrons. The molecule has 2 heteroatoms. The highest BCUT2D eigenvalue weighted by Gasteiger charge is 2.50. The zero-order valence-electron chi connectivity index (χ0n) is 12.7. The van der Waals surface area contributed by atoms with Gasteiger partial charge in [0.1, 0.15) is 0 Å². The summed E-state index contributed by atoms with van der Waals surface area (Å²) in [5.41, 5.74) is 2.05. The maximum absolute atomic E-state index is 8.88. The Morgan fingerprint density at radius 3 is 2.58 bits per heavy atom. The van der Waals surface area contributed by atoms with E-state index >= 15 is 0 Å². The van der Waals surface area contributed by atoms with Crippen LogP contribution in [-0.4, -0.2) is 22.9 Å². The summed E-state index contributed by atoms with van der Waals surface area (Å²) in [7, 11) is 0. The number of aliphatic hydroxyl groups excluding tert-OH is 2. The fourth-order valence-corrected chi connectivity index (χ4v) is 3.25. The molecule has 3 aliphatic rings. The average Bonchev–Trinajstić information content (AvgIpc) is 2.40. The van der Waals surface area contributed by atoms with E-state index in [1.807, 2.05) is 6.92 Å². The molecular formula is C17H30O2. The monoisotopic (exact) mass is 266 g/mol. The molecule has 3 aliphatic carbocycles. The van der Waals surface area contributed by atoms with E-state index in [0.717, 1.165) is 31.1 Å². The van der Waals surface area contributed by atoms with Crippen LogP contribution in [0.3, 0.4) is 0 Å². The molecule has 0 spiro atoms. The molecule has 0 aliphatic heterocycles. The van der Waals surface area contributed by atoms with Crippen LogP contribution in [0.25, 0.3) is 0 Å². The largest absolute Gasteiger partial charge is 0.396 e. The number of hydrogen-bond donors (Lipinski definition) is 2. The number of aliphatic hydroxyl groups is 2. The van der Waals surface area contributed by atoms with Crippen LogP contribution >= 0.6 is 0 Å². The van der Waals surface area contributed by atoms with Crippen LogP contribution in [0.5, 0.6) is 0 Å². The van der Waals surface area contributed by atoms with Gasteiger partial charge in [0, 0.05) is 6.61 Å². The van der Waals surface area contributed by atoms with E-state index in [9.17, 15) is 0 Å². The molecule has 0 aromatic heterocycles. The SMILES string of the molecule is C=CCC(O)CC.CC1(C)C2CC=C(CCO)C1C2. The highest BCUT2D eigenvalue weighted by Crippen LogP contribution is 2.59. The maximum Gasteiger partial charge on any atom is 0.0571 e. The van der Waals surface area contributed by atoms with Crippen molar-refractivity contribution in [1.82, 2.24) is 0 Å². The molecule has 0 heterocycles. The lowest BCUT2D eigenvalue weighted by molar-refractivity contribution is -0.00943. The minimum Gasteiger partial charge on any atom is -0.396 e. The van der Waals surface area contributed by atoms with Crippen molar-refractivity contribution < 1.29 is 10.2 Å². The van der Waals surface area contributed by atoms with Crippen molar-refractivity contribution in [2.24, 2.45) is 17.3 Å². The molecule has 3 atom stereocenters. The Hall–Kier alpha value is -0.600. The smallest absolute Gasteiger partial charge is 0.0571 e. The van der Waals surface area contributed by atoms with Gasteiger partial charge >= 0.3 is 0 Å². The number of hydrogen-bond acceptors (Lipinski definition) is 2. The van der Waals surface area contributed by atoms with E-state index in [2.05, 4.69) is 26.5 Å². The van der Waals surface area contributed by atoms with E-state index in [1.165, 1.54) is 18.4 Å². The van der Waals surface area contributed by atoms with Crippen molar-refractivity contribution in [3.63, 3.8) is 0 Å². The first-order valence-electron chi connectivity index (χ1n) is 7.56. The van der Waals surface area contributed by atoms with Gasteiger partial charge in [-0.05, 0) is 49.4 Å². The Morgan fingerprint density at radius 1 is 1.53 bits per heavy atom. The molecule has 2 bridgehead atoms. The zero-order chi connectivity index (χ0) is 14.5. The second-order valence-electron chi connectivity index (χ2n) is 6.38. The predicted molar refractivity (Wildman–Crippen MR) is 80.9 cm³/mol. The average molecular weight is 266 g/mol. The summed E-state index contributed by atoms with van der Waals surface area (Å²) >= 11 is 0. The summed E-state index contributed by atoms with van der Waals surface area (Å²) in [6.45, 7) is 10.5. The van der Waals surface area contributed by atoms with Gasteiger partial charge in [0.15, 0.2) is 0 Å². The summed E-state index contributed by atoms with van der Waals surface area (Å²) in [6, 6.07) is 0. The molecule has 2 nitrogen and oxygen atoms in total. The van der Waals surface area contributed by atoms with Gasteiger partial charge in [-0.25, -0.2) is 0 Å². The summed E-state index contributed by atoms with van der Waals surface area (Å²) in [4.78, 5) is 0. The van der Waals surface area contributed by atoms with Gasteiger partial charge in [-0.15, -0.1) is 6.58 Å². The van der Waals surface area contributed by atoms with Gasteiger partial charge in [0.2, 0.25) is 0 Å². The molecule has 1 fully saturated rings. The highest BCUT2D eigenvalue weighted by molar-refractivity contribution is 5.23. The first kappa shape index (κ1) is 16.5. The van der Waals surface area contributed by atoms with Crippen molar-refractivity contribution in [3.05, 3.63) is 24.3 Å². The van der Waals surface area contributed by atoms with Crippen molar-refractivity contribution >= 4 is 0 Å². The molecule has 0 aromatic carbocycles. The lowest BCUT2D eigenvalue weighted by Crippen LogP contribution is -2.48. The summed E-state index contributed by atoms with van der Waals surface area (Å²) in [5, 5.41) is 17.7. The number of fused-ring (bicyclic) bond motifs is 1. The number of rotatable bonds is 5. The fourth-order valence-electron chi connectivity index (χ4n) is 3.25. The van der Waals surface area contributed by atoms with Crippen LogP contribution in [0.15, 0.2) is 24.3 Å². The quantitative estimate of drug-likeness (QED) is 0.745. The molecule has 1 saturated carbocycles. The van der Waals surface area contributed by atoms with E-state index in [4.69, 9.17) is 10.2 Å². The van der Waals surface area contributed by atoms with Gasteiger partial charge < -0.3 is 10.2 Å². The van der Waals surface area contributed by atoms with Crippen molar-refractivity contribution in [3.8, 4) is 0 Å². The Bertz CT molecular complexity index is 317. The standard InChI is InChI=1S/C11H18O.C6H12O/c1-11(2)9-4-3-8(5-6-12)10(11)7-9;1-3-5-6(7)4-2/h3,9-10,12H,4-7H2,1-2H3;3,6-7H,1,4-5H2,2H3. The van der Waals surface area contributed by atoms with Gasteiger partial charge in [-0.1, -0.05) is 38.5 Å². The van der Waals surface area contributed by atoms with E-state index < -0.39 is 0 Å². The third kappa shape index (κ3) is 3.93. The highest BCUT2D eigenvalue weighted by atomic mass is 16.3. The lowest BCUT2D eigenvalue weighted by atomic mass is 9.48. The normalized spacial score (nSPS) is 28.4. The van der Waals surface area contributed by atoms with Crippen LogP contribution in [0.4, 0.5) is 0 Å². The second kappa shape index (κ2) is 7.25. The Labute approximate surface area is 118 Å².